The van der Waals surface area contributed by atoms with Gasteiger partial charge in [0.15, 0.2) is 17.3 Å². The normalized spacial score (nSPS) is 19.1. The van der Waals surface area contributed by atoms with E-state index in [9.17, 15) is 9.65 Å². The van der Waals surface area contributed by atoms with Crippen LogP contribution in [0.4, 0.5) is 21.6 Å². The first-order chi connectivity index (χ1) is 14.9. The number of anilines is 3. The molecule has 3 N–H and O–H groups in total. The third-order valence-corrected chi connectivity index (χ3v) is 5.58. The number of hydrogen-bond donors (Lipinski definition) is 3. The molecular weight excluding hydrogens is 395 g/mol. The fourth-order valence-corrected chi connectivity index (χ4v) is 4.43. The molecule has 1 fully saturated rings. The molecule has 0 bridgehead atoms. The number of rotatable bonds is 3. The van der Waals surface area contributed by atoms with E-state index >= 15 is 0 Å². The van der Waals surface area contributed by atoms with Crippen molar-refractivity contribution in [3.05, 3.63) is 47.7 Å². The Morgan fingerprint density at radius 1 is 1.19 bits per heavy atom. The summed E-state index contributed by atoms with van der Waals surface area (Å²) >= 11 is 0. The second kappa shape index (κ2) is 7.25. The lowest BCUT2D eigenvalue weighted by atomic mass is 10.1. The van der Waals surface area contributed by atoms with E-state index in [1.165, 1.54) is 6.07 Å². The first kappa shape index (κ1) is 19.3. The summed E-state index contributed by atoms with van der Waals surface area (Å²) < 4.78 is 16.1. The molecule has 3 aromatic heterocycles. The Hall–Kier alpha value is -3.64. The van der Waals surface area contributed by atoms with E-state index in [-0.39, 0.29) is 5.65 Å². The van der Waals surface area contributed by atoms with Crippen LogP contribution in [0.1, 0.15) is 25.1 Å². The van der Waals surface area contributed by atoms with Gasteiger partial charge in [-0.05, 0) is 32.9 Å². The van der Waals surface area contributed by atoms with Crippen LogP contribution in [0.25, 0.3) is 16.6 Å². The first-order valence-electron chi connectivity index (χ1n) is 10.3. The summed E-state index contributed by atoms with van der Waals surface area (Å²) in [5.74, 6) is 0.0541. The van der Waals surface area contributed by atoms with Crippen LogP contribution >= 0.6 is 0 Å². The molecule has 1 aliphatic rings. The van der Waals surface area contributed by atoms with Crippen LogP contribution in [0.15, 0.2) is 30.6 Å². The van der Waals surface area contributed by atoms with Gasteiger partial charge in [-0.1, -0.05) is 0 Å². The molecule has 0 radical (unpaired) electrons. The molecule has 0 amide bonds. The van der Waals surface area contributed by atoms with Gasteiger partial charge in [-0.2, -0.15) is 10.4 Å². The van der Waals surface area contributed by atoms with Crippen LogP contribution < -0.4 is 15.5 Å². The number of halogens is 1. The van der Waals surface area contributed by atoms with Gasteiger partial charge in [0, 0.05) is 49.3 Å². The van der Waals surface area contributed by atoms with Gasteiger partial charge in [-0.15, -0.1) is 0 Å². The lowest BCUT2D eigenvalue weighted by Crippen LogP contribution is -2.54. The summed E-state index contributed by atoms with van der Waals surface area (Å²) in [6.45, 7) is 7.86. The number of nitrogens with one attached hydrogen (secondary N) is 3. The number of aromatic amines is 1. The third kappa shape index (κ3) is 3.45. The minimum Gasteiger partial charge on any atom is -0.368 e. The van der Waals surface area contributed by atoms with Crippen molar-refractivity contribution in [2.45, 2.75) is 32.9 Å². The number of pyridine rings is 1. The largest absolute Gasteiger partial charge is 0.368 e. The molecule has 1 aromatic carbocycles. The molecule has 0 aliphatic carbocycles. The predicted molar refractivity (Wildman–Crippen MR) is 118 cm³/mol. The Morgan fingerprint density at radius 3 is 2.71 bits per heavy atom. The second-order valence-corrected chi connectivity index (χ2v) is 8.29. The van der Waals surface area contributed by atoms with Crippen LogP contribution in [0.3, 0.4) is 0 Å². The van der Waals surface area contributed by atoms with Gasteiger partial charge < -0.3 is 19.9 Å². The van der Waals surface area contributed by atoms with E-state index in [0.29, 0.717) is 34.5 Å². The van der Waals surface area contributed by atoms with E-state index in [0.717, 1.165) is 30.0 Å². The molecule has 1 saturated heterocycles. The molecular formula is C22H23FN8. The van der Waals surface area contributed by atoms with Crippen molar-refractivity contribution < 1.29 is 4.39 Å². The van der Waals surface area contributed by atoms with Gasteiger partial charge in [0.05, 0.1) is 27.8 Å². The van der Waals surface area contributed by atoms with E-state index in [1.54, 1.807) is 16.8 Å². The molecule has 31 heavy (non-hydrogen) atoms. The molecule has 0 saturated carbocycles. The first-order valence-corrected chi connectivity index (χ1v) is 10.3. The van der Waals surface area contributed by atoms with Crippen LogP contribution in [0.2, 0.25) is 0 Å². The second-order valence-electron chi connectivity index (χ2n) is 8.29. The maximum absolute atomic E-state index is 14.5. The zero-order valence-corrected chi connectivity index (χ0v) is 17.6. The number of piperazine rings is 1. The van der Waals surface area contributed by atoms with Crippen molar-refractivity contribution >= 4 is 33.7 Å². The topological polar surface area (TPSA) is 97.1 Å². The lowest BCUT2D eigenvalue weighted by Gasteiger charge is -2.37. The summed E-state index contributed by atoms with van der Waals surface area (Å²) in [7, 11) is 0. The maximum atomic E-state index is 14.5. The van der Waals surface area contributed by atoms with Gasteiger partial charge >= 0.3 is 0 Å². The average Bonchev–Trinajstić information content (AvgIpc) is 3.30. The average molecular weight is 418 g/mol. The fourth-order valence-electron chi connectivity index (χ4n) is 4.43. The van der Waals surface area contributed by atoms with Gasteiger partial charge in [0.1, 0.15) is 6.07 Å². The van der Waals surface area contributed by atoms with E-state index in [4.69, 9.17) is 0 Å². The van der Waals surface area contributed by atoms with Gasteiger partial charge in [0.25, 0.3) is 0 Å². The Bertz CT molecular complexity index is 1320. The number of H-pyrrole nitrogens is 1. The summed E-state index contributed by atoms with van der Waals surface area (Å²) in [5.41, 5.74) is 3.79. The summed E-state index contributed by atoms with van der Waals surface area (Å²) in [6, 6.07) is 8.32. The van der Waals surface area contributed by atoms with Crippen molar-refractivity contribution in [3.8, 4) is 6.07 Å². The minimum atomic E-state index is -0.428. The minimum absolute atomic E-state index is 0.275. The Kier molecular flexibility index (Phi) is 4.52. The highest BCUT2D eigenvalue weighted by atomic mass is 19.1. The number of nitriles is 1. The van der Waals surface area contributed by atoms with Crippen LogP contribution in [0, 0.1) is 24.1 Å². The van der Waals surface area contributed by atoms with Crippen LogP contribution in [-0.4, -0.2) is 44.8 Å². The molecule has 4 heterocycles. The predicted octanol–water partition coefficient (Wildman–Crippen LogP) is 3.46. The highest BCUT2D eigenvalue weighted by Gasteiger charge is 2.23. The number of aromatic nitrogens is 4. The van der Waals surface area contributed by atoms with E-state index in [1.807, 2.05) is 19.1 Å². The Balaban J connectivity index is 1.53. The highest BCUT2D eigenvalue weighted by Crippen LogP contribution is 2.32. The van der Waals surface area contributed by atoms with Crippen molar-refractivity contribution in [1.29, 1.82) is 5.26 Å². The van der Waals surface area contributed by atoms with Gasteiger partial charge in [-0.25, -0.2) is 9.37 Å². The van der Waals surface area contributed by atoms with Gasteiger partial charge in [-0.3, -0.25) is 5.10 Å². The molecule has 5 rings (SSSR count). The number of fused-ring (bicyclic) bond motifs is 2. The van der Waals surface area contributed by atoms with Crippen molar-refractivity contribution in [3.63, 3.8) is 0 Å². The van der Waals surface area contributed by atoms with E-state index < -0.39 is 5.82 Å². The molecule has 1 aliphatic heterocycles. The fraction of sp³-hybridized carbons (Fsp3) is 0.318. The standard InChI is InChI=1S/C22H23FN8/c1-12-8-30(9-13(2)25-12)17-4-15(7-24)20-19(6-17)28-29-21(20)27-16-5-18(23)22-26-14(3)10-31(22)11-16/h4-6,10-13,25H,8-9H2,1-3H3,(H2,27,28,29)/t12-,13+. The van der Waals surface area contributed by atoms with Gasteiger partial charge in [0.2, 0.25) is 0 Å². The molecule has 8 nitrogen and oxygen atoms in total. The zero-order chi connectivity index (χ0) is 21.7. The van der Waals surface area contributed by atoms with Crippen molar-refractivity contribution in [2.24, 2.45) is 0 Å². The van der Waals surface area contributed by atoms with Crippen molar-refractivity contribution in [2.75, 3.05) is 23.3 Å². The molecule has 4 aromatic rings. The molecule has 2 atom stereocenters. The number of benzene rings is 1. The number of imidazole rings is 1. The Labute approximate surface area is 178 Å². The quantitative estimate of drug-likeness (QED) is 0.471. The monoisotopic (exact) mass is 418 g/mol. The summed E-state index contributed by atoms with van der Waals surface area (Å²) in [5, 5.41) is 24.6. The highest BCUT2D eigenvalue weighted by molar-refractivity contribution is 5.98. The lowest BCUT2D eigenvalue weighted by molar-refractivity contribution is 0.407. The summed E-state index contributed by atoms with van der Waals surface area (Å²) in [4.78, 5) is 6.46. The molecule has 158 valence electrons. The number of aryl methyl sites for hydroxylation is 1. The zero-order valence-electron chi connectivity index (χ0n) is 17.6. The number of hydrogen-bond acceptors (Lipinski definition) is 6. The smallest absolute Gasteiger partial charge is 0.173 e. The SMILES string of the molecule is Cc1cn2cc(Nc3n[nH]c4cc(N5C[C@@H](C)N[C@@H](C)C5)cc(C#N)c34)cc(F)c2n1. The van der Waals surface area contributed by atoms with Crippen LogP contribution in [0.5, 0.6) is 0 Å². The van der Waals surface area contributed by atoms with E-state index in [2.05, 4.69) is 50.6 Å². The Morgan fingerprint density at radius 2 is 1.97 bits per heavy atom. The summed E-state index contributed by atoms with van der Waals surface area (Å²) in [6.07, 6.45) is 3.51. The number of nitrogens with zero attached hydrogens (tertiary/aromatic N) is 5. The molecule has 0 unspecified atom stereocenters. The molecule has 0 spiro atoms. The molecule has 9 heteroatoms. The third-order valence-electron chi connectivity index (χ3n) is 5.58. The van der Waals surface area contributed by atoms with Crippen LogP contribution in [-0.2, 0) is 0 Å². The van der Waals surface area contributed by atoms with Crippen molar-refractivity contribution in [1.82, 2.24) is 24.9 Å². The maximum Gasteiger partial charge on any atom is 0.173 e.